The normalized spacial score (nSPS) is 10.9. The Bertz CT molecular complexity index is 1240. The minimum absolute atomic E-state index is 0.148. The average Bonchev–Trinajstić information content (AvgIpc) is 2.75. The Hall–Kier alpha value is -3.69. The zero-order valence-electron chi connectivity index (χ0n) is 16.9. The van der Waals surface area contributed by atoms with Gasteiger partial charge in [0.15, 0.2) is 0 Å². The van der Waals surface area contributed by atoms with E-state index in [0.29, 0.717) is 11.3 Å². The Morgan fingerprint density at radius 2 is 1.48 bits per heavy atom. The number of hydrogen-bond acceptors (Lipinski definition) is 5. The van der Waals surface area contributed by atoms with Crippen molar-refractivity contribution in [1.29, 1.82) is 0 Å². The topological polar surface area (TPSA) is 128 Å². The summed E-state index contributed by atoms with van der Waals surface area (Å²) >= 11 is 0. The molecule has 0 aliphatic rings. The number of ether oxygens (including phenoxy) is 1. The van der Waals surface area contributed by atoms with E-state index in [1.807, 2.05) is 6.07 Å². The van der Waals surface area contributed by atoms with Crippen LogP contribution >= 0.6 is 0 Å². The highest BCUT2D eigenvalue weighted by atomic mass is 32.2. The average molecular weight is 439 g/mol. The summed E-state index contributed by atoms with van der Waals surface area (Å²) in [5.41, 5.74) is 2.15. The number of anilines is 2. The summed E-state index contributed by atoms with van der Waals surface area (Å²) in [7, 11) is -2.56. The SMILES string of the molecule is COc1ccc(S(N)(=O)=O)cc1NC(=O)c1ccc(C)c(NC(=O)c2ccccc2)c1. The lowest BCUT2D eigenvalue weighted by Gasteiger charge is -2.13. The molecule has 4 N–H and O–H groups in total. The number of benzene rings is 3. The molecule has 0 unspecified atom stereocenters. The summed E-state index contributed by atoms with van der Waals surface area (Å²) in [6.07, 6.45) is 0. The molecule has 0 aliphatic carbocycles. The van der Waals surface area contributed by atoms with Crippen molar-refractivity contribution in [1.82, 2.24) is 0 Å². The van der Waals surface area contributed by atoms with Crippen molar-refractivity contribution in [2.45, 2.75) is 11.8 Å². The maximum atomic E-state index is 12.8. The first-order chi connectivity index (χ1) is 14.7. The maximum Gasteiger partial charge on any atom is 0.255 e. The van der Waals surface area contributed by atoms with E-state index in [4.69, 9.17) is 9.88 Å². The van der Waals surface area contributed by atoms with Crippen molar-refractivity contribution in [3.63, 3.8) is 0 Å². The number of rotatable bonds is 6. The second kappa shape index (κ2) is 8.99. The number of hydrogen-bond donors (Lipinski definition) is 3. The highest BCUT2D eigenvalue weighted by molar-refractivity contribution is 7.89. The monoisotopic (exact) mass is 439 g/mol. The summed E-state index contributed by atoms with van der Waals surface area (Å²) in [6, 6.07) is 17.4. The molecule has 0 fully saturated rings. The first-order valence-corrected chi connectivity index (χ1v) is 10.7. The summed E-state index contributed by atoms with van der Waals surface area (Å²) in [5.74, 6) is -0.547. The van der Waals surface area contributed by atoms with Gasteiger partial charge < -0.3 is 15.4 Å². The van der Waals surface area contributed by atoms with Gasteiger partial charge in [-0.1, -0.05) is 24.3 Å². The van der Waals surface area contributed by atoms with Gasteiger partial charge in [0.05, 0.1) is 17.7 Å². The number of carbonyl (C=O) groups is 2. The van der Waals surface area contributed by atoms with Crippen LogP contribution < -0.4 is 20.5 Å². The first kappa shape index (κ1) is 22.0. The lowest BCUT2D eigenvalue weighted by Crippen LogP contribution is -2.17. The lowest BCUT2D eigenvalue weighted by atomic mass is 10.1. The second-order valence-electron chi connectivity index (χ2n) is 6.71. The summed E-state index contributed by atoms with van der Waals surface area (Å²) in [6.45, 7) is 1.81. The molecule has 0 aromatic heterocycles. The fourth-order valence-corrected chi connectivity index (χ4v) is 3.38. The molecule has 3 aromatic rings. The summed E-state index contributed by atoms with van der Waals surface area (Å²) in [4.78, 5) is 25.1. The standard InChI is InChI=1S/C22H21N3O5S/c1-14-8-9-16(12-18(14)24-21(26)15-6-4-3-5-7-15)22(27)25-19-13-17(31(23,28)29)10-11-20(19)30-2/h3-13H,1-2H3,(H,24,26)(H,25,27)(H2,23,28,29). The van der Waals surface area contributed by atoms with E-state index in [1.54, 1.807) is 49.4 Å². The van der Waals surface area contributed by atoms with Gasteiger partial charge in [0.25, 0.3) is 11.8 Å². The molecule has 3 rings (SSSR count). The third-order valence-corrected chi connectivity index (χ3v) is 5.44. The van der Waals surface area contributed by atoms with Gasteiger partial charge in [-0.2, -0.15) is 0 Å². The smallest absolute Gasteiger partial charge is 0.255 e. The van der Waals surface area contributed by atoms with E-state index in [2.05, 4.69) is 10.6 Å². The van der Waals surface area contributed by atoms with Crippen LogP contribution in [-0.2, 0) is 10.0 Å². The summed E-state index contributed by atoms with van der Waals surface area (Å²) in [5, 5.41) is 10.6. The molecule has 3 aromatic carbocycles. The van der Waals surface area contributed by atoms with Gasteiger partial charge >= 0.3 is 0 Å². The Morgan fingerprint density at radius 1 is 0.839 bits per heavy atom. The van der Waals surface area contributed by atoms with Crippen molar-refractivity contribution in [3.05, 3.63) is 83.4 Å². The van der Waals surface area contributed by atoms with Crippen LogP contribution in [-0.4, -0.2) is 27.3 Å². The van der Waals surface area contributed by atoms with Crippen LogP contribution in [0.5, 0.6) is 5.75 Å². The number of carbonyl (C=O) groups excluding carboxylic acids is 2. The molecule has 2 amide bonds. The third-order valence-electron chi connectivity index (χ3n) is 4.53. The van der Waals surface area contributed by atoms with Crippen LogP contribution in [0.25, 0.3) is 0 Å². The summed E-state index contributed by atoms with van der Waals surface area (Å²) < 4.78 is 28.4. The molecule has 0 heterocycles. The van der Waals surface area contributed by atoms with Crippen molar-refractivity contribution >= 4 is 33.2 Å². The minimum atomic E-state index is -3.96. The van der Waals surface area contributed by atoms with Crippen molar-refractivity contribution in [2.24, 2.45) is 5.14 Å². The third kappa shape index (κ3) is 5.27. The molecular weight excluding hydrogens is 418 g/mol. The fraction of sp³-hybridized carbons (Fsp3) is 0.0909. The van der Waals surface area contributed by atoms with Gasteiger partial charge in [-0.05, 0) is 55.0 Å². The quantitative estimate of drug-likeness (QED) is 0.544. The van der Waals surface area contributed by atoms with E-state index in [-0.39, 0.29) is 27.8 Å². The molecule has 0 atom stereocenters. The van der Waals surface area contributed by atoms with Crippen LogP contribution in [0.2, 0.25) is 0 Å². The Morgan fingerprint density at radius 3 is 2.13 bits per heavy atom. The number of sulfonamides is 1. The number of aryl methyl sites for hydroxylation is 1. The van der Waals surface area contributed by atoms with Crippen LogP contribution in [0.4, 0.5) is 11.4 Å². The lowest BCUT2D eigenvalue weighted by molar-refractivity contribution is 0.101. The van der Waals surface area contributed by atoms with Gasteiger partial charge in [0.2, 0.25) is 10.0 Å². The Labute approximate surface area is 180 Å². The van der Waals surface area contributed by atoms with E-state index >= 15 is 0 Å². The van der Waals surface area contributed by atoms with Gasteiger partial charge in [-0.15, -0.1) is 0 Å². The maximum absolute atomic E-state index is 12.8. The van der Waals surface area contributed by atoms with E-state index < -0.39 is 15.9 Å². The largest absolute Gasteiger partial charge is 0.495 e. The molecule has 31 heavy (non-hydrogen) atoms. The van der Waals surface area contributed by atoms with Gasteiger partial charge in [-0.25, -0.2) is 13.6 Å². The zero-order valence-corrected chi connectivity index (χ0v) is 17.7. The fourth-order valence-electron chi connectivity index (χ4n) is 2.84. The number of methoxy groups -OCH3 is 1. The van der Waals surface area contributed by atoms with Crippen LogP contribution in [0.3, 0.4) is 0 Å². The van der Waals surface area contributed by atoms with E-state index in [0.717, 1.165) is 5.56 Å². The molecule has 0 aliphatic heterocycles. The number of nitrogens with two attached hydrogens (primary N) is 1. The van der Waals surface area contributed by atoms with Gasteiger partial charge in [0, 0.05) is 16.8 Å². The number of primary sulfonamides is 1. The van der Waals surface area contributed by atoms with Crippen molar-refractivity contribution in [2.75, 3.05) is 17.7 Å². The molecule has 0 saturated carbocycles. The molecule has 0 spiro atoms. The number of nitrogens with one attached hydrogen (secondary N) is 2. The predicted octanol–water partition coefficient (Wildman–Crippen LogP) is 3.16. The molecule has 8 nitrogen and oxygen atoms in total. The molecular formula is C22H21N3O5S. The van der Waals surface area contributed by atoms with Gasteiger partial charge in [0.1, 0.15) is 5.75 Å². The molecule has 0 bridgehead atoms. The number of amides is 2. The van der Waals surface area contributed by atoms with Crippen molar-refractivity contribution < 1.29 is 22.7 Å². The first-order valence-electron chi connectivity index (χ1n) is 9.18. The molecule has 0 saturated heterocycles. The molecule has 160 valence electrons. The minimum Gasteiger partial charge on any atom is -0.495 e. The van der Waals surface area contributed by atoms with E-state index in [9.17, 15) is 18.0 Å². The Balaban J connectivity index is 1.86. The highest BCUT2D eigenvalue weighted by Crippen LogP contribution is 2.28. The molecule has 0 radical (unpaired) electrons. The van der Waals surface area contributed by atoms with Gasteiger partial charge in [-0.3, -0.25) is 9.59 Å². The van der Waals surface area contributed by atoms with Crippen molar-refractivity contribution in [3.8, 4) is 5.75 Å². The van der Waals surface area contributed by atoms with Crippen LogP contribution in [0.1, 0.15) is 26.3 Å². The highest BCUT2D eigenvalue weighted by Gasteiger charge is 2.16. The predicted molar refractivity (Wildman–Crippen MR) is 118 cm³/mol. The van der Waals surface area contributed by atoms with Crippen LogP contribution in [0.15, 0.2) is 71.6 Å². The second-order valence-corrected chi connectivity index (χ2v) is 8.27. The zero-order chi connectivity index (χ0) is 22.6. The molecule has 9 heteroatoms. The van der Waals surface area contributed by atoms with Crippen LogP contribution in [0, 0.1) is 6.92 Å². The Kier molecular flexibility index (Phi) is 6.38. The van der Waals surface area contributed by atoms with E-state index in [1.165, 1.54) is 25.3 Å².